The predicted molar refractivity (Wildman–Crippen MR) is 82.6 cm³/mol. The molecule has 112 valence electrons. The second-order valence-corrected chi connectivity index (χ2v) is 6.39. The summed E-state index contributed by atoms with van der Waals surface area (Å²) >= 11 is 6.13. The third-order valence-corrected chi connectivity index (χ3v) is 4.39. The molecule has 0 radical (unpaired) electrons. The topological polar surface area (TPSA) is 32.7 Å². The molecule has 1 N–H and O–H groups in total. The van der Waals surface area contributed by atoms with E-state index in [1.165, 1.54) is 0 Å². The largest absolute Gasteiger partial charge is 0.485 e. The second kappa shape index (κ2) is 5.55. The fourth-order valence-corrected chi connectivity index (χ4v) is 3.53. The van der Waals surface area contributed by atoms with Gasteiger partial charge in [0.25, 0.3) is 0 Å². The Bertz CT molecular complexity index is 497. The van der Waals surface area contributed by atoms with E-state index < -0.39 is 11.7 Å². The highest BCUT2D eigenvalue weighted by atomic mass is 35.5. The average molecular weight is 298 g/mol. The summed E-state index contributed by atoms with van der Waals surface area (Å²) in [6.07, 6.45) is -0.592. The number of aliphatic hydroxyl groups excluding tert-OH is 1. The van der Waals surface area contributed by atoms with Gasteiger partial charge in [0, 0.05) is 10.6 Å². The summed E-state index contributed by atoms with van der Waals surface area (Å²) in [5, 5.41) is 11.5. The number of hydrogen-bond acceptors (Lipinski definition) is 3. The molecule has 1 aliphatic rings. The number of likely N-dealkylation sites (N-methyl/N-ethyl adjacent to an activating group) is 1. The van der Waals surface area contributed by atoms with Gasteiger partial charge in [-0.3, -0.25) is 4.90 Å². The zero-order valence-corrected chi connectivity index (χ0v) is 13.7. The minimum Gasteiger partial charge on any atom is -0.485 e. The Morgan fingerprint density at radius 1 is 1.30 bits per heavy atom. The lowest BCUT2D eigenvalue weighted by Gasteiger charge is -2.48. The maximum atomic E-state index is 10.9. The van der Waals surface area contributed by atoms with Crippen LogP contribution in [0.1, 0.15) is 44.9 Å². The molecule has 0 saturated carbocycles. The standard InChI is InChI=1S/C16H24ClNO2/c1-6-18(7-2)15-13(19)12-9-11(17)8-10(3)14(12)20-16(15,4)5/h8-9,13,15,19H,6-7H2,1-5H3. The lowest BCUT2D eigenvalue weighted by Crippen LogP contribution is -2.58. The molecule has 0 fully saturated rings. The van der Waals surface area contributed by atoms with Gasteiger partial charge in [0.05, 0.1) is 6.04 Å². The van der Waals surface area contributed by atoms with Crippen molar-refractivity contribution in [2.75, 3.05) is 13.1 Å². The molecule has 0 spiro atoms. The molecule has 1 aromatic carbocycles. The first kappa shape index (κ1) is 15.6. The van der Waals surface area contributed by atoms with Crippen molar-refractivity contribution in [3.63, 3.8) is 0 Å². The number of ether oxygens (including phenoxy) is 1. The van der Waals surface area contributed by atoms with E-state index in [0.29, 0.717) is 5.02 Å². The van der Waals surface area contributed by atoms with Crippen LogP contribution in [0.2, 0.25) is 5.02 Å². The van der Waals surface area contributed by atoms with Crippen molar-refractivity contribution < 1.29 is 9.84 Å². The van der Waals surface area contributed by atoms with Crippen LogP contribution in [0, 0.1) is 6.92 Å². The molecule has 1 aromatic rings. The first-order chi connectivity index (χ1) is 9.31. The van der Waals surface area contributed by atoms with Crippen LogP contribution in [0.4, 0.5) is 0 Å². The highest BCUT2D eigenvalue weighted by Gasteiger charge is 2.46. The maximum Gasteiger partial charge on any atom is 0.129 e. The van der Waals surface area contributed by atoms with Crippen LogP contribution >= 0.6 is 11.6 Å². The lowest BCUT2D eigenvalue weighted by molar-refractivity contribution is -0.0802. The molecule has 2 rings (SSSR count). The molecule has 2 unspecified atom stereocenters. The van der Waals surface area contributed by atoms with Gasteiger partial charge in [0.15, 0.2) is 0 Å². The minimum atomic E-state index is -0.592. The van der Waals surface area contributed by atoms with Gasteiger partial charge >= 0.3 is 0 Å². The SMILES string of the molecule is CCN(CC)C1C(O)c2cc(Cl)cc(C)c2OC1(C)C. The monoisotopic (exact) mass is 297 g/mol. The Morgan fingerprint density at radius 3 is 2.45 bits per heavy atom. The van der Waals surface area contributed by atoms with Crippen LogP contribution in [0.15, 0.2) is 12.1 Å². The zero-order chi connectivity index (χ0) is 15.1. The van der Waals surface area contributed by atoms with Gasteiger partial charge in [0.2, 0.25) is 0 Å². The molecular weight excluding hydrogens is 274 g/mol. The van der Waals surface area contributed by atoms with E-state index in [2.05, 4.69) is 18.7 Å². The van der Waals surface area contributed by atoms with E-state index in [0.717, 1.165) is 30.0 Å². The second-order valence-electron chi connectivity index (χ2n) is 5.96. The van der Waals surface area contributed by atoms with E-state index in [-0.39, 0.29) is 6.04 Å². The van der Waals surface area contributed by atoms with Crippen LogP contribution < -0.4 is 4.74 Å². The molecule has 0 bridgehead atoms. The smallest absolute Gasteiger partial charge is 0.129 e. The van der Waals surface area contributed by atoms with Gasteiger partial charge in [0.1, 0.15) is 17.5 Å². The summed E-state index contributed by atoms with van der Waals surface area (Å²) in [5.41, 5.74) is 1.32. The van der Waals surface area contributed by atoms with Gasteiger partial charge < -0.3 is 9.84 Å². The van der Waals surface area contributed by atoms with Gasteiger partial charge in [-0.25, -0.2) is 0 Å². The summed E-state index contributed by atoms with van der Waals surface area (Å²) in [5.74, 6) is 0.773. The first-order valence-corrected chi connectivity index (χ1v) is 7.60. The molecule has 0 saturated heterocycles. The normalized spacial score (nSPS) is 24.4. The van der Waals surface area contributed by atoms with Crippen molar-refractivity contribution in [3.8, 4) is 5.75 Å². The van der Waals surface area contributed by atoms with Crippen LogP contribution in [0.25, 0.3) is 0 Å². The van der Waals surface area contributed by atoms with Gasteiger partial charge in [-0.2, -0.15) is 0 Å². The molecule has 0 amide bonds. The third-order valence-electron chi connectivity index (χ3n) is 4.17. The number of rotatable bonds is 3. The number of fused-ring (bicyclic) bond motifs is 1. The molecular formula is C16H24ClNO2. The maximum absolute atomic E-state index is 10.9. The first-order valence-electron chi connectivity index (χ1n) is 7.23. The predicted octanol–water partition coefficient (Wildman–Crippen LogP) is 3.56. The molecule has 0 aliphatic carbocycles. The average Bonchev–Trinajstić information content (AvgIpc) is 2.36. The summed E-state index contributed by atoms with van der Waals surface area (Å²) in [7, 11) is 0. The van der Waals surface area contributed by atoms with Crippen LogP contribution in [-0.2, 0) is 0 Å². The molecule has 3 nitrogen and oxygen atoms in total. The molecule has 0 aromatic heterocycles. The molecule has 20 heavy (non-hydrogen) atoms. The van der Waals surface area contributed by atoms with Crippen LogP contribution in [-0.4, -0.2) is 34.7 Å². The van der Waals surface area contributed by atoms with Gasteiger partial charge in [-0.1, -0.05) is 25.4 Å². The van der Waals surface area contributed by atoms with E-state index >= 15 is 0 Å². The van der Waals surface area contributed by atoms with Gasteiger partial charge in [-0.15, -0.1) is 0 Å². The fraction of sp³-hybridized carbons (Fsp3) is 0.625. The van der Waals surface area contributed by atoms with E-state index in [9.17, 15) is 5.11 Å². The van der Waals surface area contributed by atoms with E-state index in [1.807, 2.05) is 32.9 Å². The van der Waals surface area contributed by atoms with Crippen LogP contribution in [0.3, 0.4) is 0 Å². The van der Waals surface area contributed by atoms with Crippen molar-refractivity contribution in [1.82, 2.24) is 4.90 Å². The van der Waals surface area contributed by atoms with Crippen molar-refractivity contribution in [3.05, 3.63) is 28.3 Å². The zero-order valence-electron chi connectivity index (χ0n) is 12.9. The van der Waals surface area contributed by atoms with Crippen molar-refractivity contribution in [1.29, 1.82) is 0 Å². The fourth-order valence-electron chi connectivity index (χ4n) is 3.24. The highest BCUT2D eigenvalue weighted by molar-refractivity contribution is 6.30. The van der Waals surface area contributed by atoms with E-state index in [1.54, 1.807) is 0 Å². The Hall–Kier alpha value is -0.770. The number of halogens is 1. The summed E-state index contributed by atoms with van der Waals surface area (Å²) in [6, 6.07) is 3.61. The minimum absolute atomic E-state index is 0.0807. The summed E-state index contributed by atoms with van der Waals surface area (Å²) in [4.78, 5) is 2.24. The molecule has 4 heteroatoms. The quantitative estimate of drug-likeness (QED) is 0.926. The third kappa shape index (κ3) is 2.54. The highest BCUT2D eigenvalue weighted by Crippen LogP contribution is 2.44. The number of benzene rings is 1. The van der Waals surface area contributed by atoms with Gasteiger partial charge in [-0.05, 0) is 51.6 Å². The van der Waals surface area contributed by atoms with Crippen molar-refractivity contribution in [2.24, 2.45) is 0 Å². The number of aliphatic hydroxyl groups is 1. The Balaban J connectivity index is 2.53. The summed E-state index contributed by atoms with van der Waals surface area (Å²) in [6.45, 7) is 12.0. The van der Waals surface area contributed by atoms with E-state index in [4.69, 9.17) is 16.3 Å². The number of hydrogen-bond donors (Lipinski definition) is 1. The number of aryl methyl sites for hydroxylation is 1. The molecule has 1 aliphatic heterocycles. The van der Waals surface area contributed by atoms with Crippen molar-refractivity contribution in [2.45, 2.75) is 52.4 Å². The Labute approximate surface area is 126 Å². The molecule has 1 heterocycles. The van der Waals surface area contributed by atoms with Crippen LogP contribution in [0.5, 0.6) is 5.75 Å². The summed E-state index contributed by atoms with van der Waals surface area (Å²) < 4.78 is 6.21. The molecule has 2 atom stereocenters. The van der Waals surface area contributed by atoms with Crippen molar-refractivity contribution >= 4 is 11.6 Å². The Kier molecular flexibility index (Phi) is 4.33. The lowest BCUT2D eigenvalue weighted by atomic mass is 9.84. The number of nitrogens with zero attached hydrogens (tertiary/aromatic N) is 1. The Morgan fingerprint density at radius 2 is 1.90 bits per heavy atom.